The third-order valence-electron chi connectivity index (χ3n) is 4.24. The Morgan fingerprint density at radius 3 is 2.54 bits per heavy atom. The number of aromatic nitrogens is 2. The smallest absolute Gasteiger partial charge is 0.224 e. The zero-order valence-corrected chi connectivity index (χ0v) is 16.3. The van der Waals surface area contributed by atoms with E-state index in [1.807, 2.05) is 24.3 Å². The zero-order valence-electron chi connectivity index (χ0n) is 16.3. The molecule has 0 radical (unpaired) electrons. The second kappa shape index (κ2) is 8.99. The van der Waals surface area contributed by atoms with E-state index in [-0.39, 0.29) is 5.91 Å². The van der Waals surface area contributed by atoms with Gasteiger partial charge in [0.15, 0.2) is 0 Å². The van der Waals surface area contributed by atoms with Gasteiger partial charge in [-0.25, -0.2) is 9.97 Å². The number of rotatable bonds is 7. The lowest BCUT2D eigenvalue weighted by Gasteiger charge is -2.10. The molecule has 2 aromatic carbocycles. The Labute approximate surface area is 165 Å². The molecule has 144 valence electrons. The molecule has 3 aromatic rings. The SMILES string of the molecule is CC(=O)Nc1cc(Oc2ccc(NCCc3ccc(C)cc3C)cc2)ncn1. The number of hydrogen-bond acceptors (Lipinski definition) is 5. The van der Waals surface area contributed by atoms with Gasteiger partial charge in [0.1, 0.15) is 17.9 Å². The van der Waals surface area contributed by atoms with Crippen molar-refractivity contribution in [2.45, 2.75) is 27.2 Å². The zero-order chi connectivity index (χ0) is 19.9. The van der Waals surface area contributed by atoms with Crippen molar-refractivity contribution in [3.63, 3.8) is 0 Å². The Bertz CT molecular complexity index is 955. The minimum atomic E-state index is -0.194. The second-order valence-electron chi connectivity index (χ2n) is 6.66. The molecule has 0 bridgehead atoms. The topological polar surface area (TPSA) is 76.1 Å². The van der Waals surface area contributed by atoms with Crippen molar-refractivity contribution in [3.05, 3.63) is 71.5 Å². The van der Waals surface area contributed by atoms with E-state index >= 15 is 0 Å². The van der Waals surface area contributed by atoms with Crippen molar-refractivity contribution in [1.82, 2.24) is 9.97 Å². The molecule has 1 aromatic heterocycles. The summed E-state index contributed by atoms with van der Waals surface area (Å²) >= 11 is 0. The van der Waals surface area contributed by atoms with Gasteiger partial charge in [0.2, 0.25) is 11.8 Å². The average Bonchev–Trinajstić information content (AvgIpc) is 2.65. The first-order chi connectivity index (χ1) is 13.5. The van der Waals surface area contributed by atoms with E-state index in [4.69, 9.17) is 4.74 Å². The van der Waals surface area contributed by atoms with E-state index in [1.165, 1.54) is 29.9 Å². The third kappa shape index (κ3) is 5.54. The minimum absolute atomic E-state index is 0.194. The molecule has 3 rings (SSSR count). The van der Waals surface area contributed by atoms with Gasteiger partial charge in [-0.15, -0.1) is 0 Å². The summed E-state index contributed by atoms with van der Waals surface area (Å²) in [4.78, 5) is 19.1. The van der Waals surface area contributed by atoms with Gasteiger partial charge in [0.25, 0.3) is 0 Å². The van der Waals surface area contributed by atoms with Crippen molar-refractivity contribution < 1.29 is 9.53 Å². The van der Waals surface area contributed by atoms with Crippen LogP contribution in [0.1, 0.15) is 23.6 Å². The third-order valence-corrected chi connectivity index (χ3v) is 4.24. The van der Waals surface area contributed by atoms with E-state index in [1.54, 1.807) is 6.07 Å². The van der Waals surface area contributed by atoms with Gasteiger partial charge in [0.05, 0.1) is 0 Å². The normalized spacial score (nSPS) is 10.4. The van der Waals surface area contributed by atoms with Crippen LogP contribution in [0.3, 0.4) is 0 Å². The van der Waals surface area contributed by atoms with Gasteiger partial charge >= 0.3 is 0 Å². The van der Waals surface area contributed by atoms with Crippen LogP contribution < -0.4 is 15.4 Å². The van der Waals surface area contributed by atoms with Gasteiger partial charge in [-0.05, 0) is 55.7 Å². The summed E-state index contributed by atoms with van der Waals surface area (Å²) in [7, 11) is 0. The largest absolute Gasteiger partial charge is 0.439 e. The number of hydrogen-bond donors (Lipinski definition) is 2. The van der Waals surface area contributed by atoms with Crippen LogP contribution in [0, 0.1) is 13.8 Å². The number of nitrogens with zero attached hydrogens (tertiary/aromatic N) is 2. The summed E-state index contributed by atoms with van der Waals surface area (Å²) in [6, 6.07) is 15.8. The molecule has 6 heteroatoms. The molecule has 2 N–H and O–H groups in total. The summed E-state index contributed by atoms with van der Waals surface area (Å²) in [5, 5.41) is 6.03. The van der Waals surface area contributed by atoms with E-state index in [2.05, 4.69) is 52.6 Å². The Morgan fingerprint density at radius 2 is 1.82 bits per heavy atom. The number of anilines is 2. The fourth-order valence-corrected chi connectivity index (χ4v) is 2.87. The fraction of sp³-hybridized carbons (Fsp3) is 0.227. The highest BCUT2D eigenvalue weighted by molar-refractivity contribution is 5.87. The molecule has 0 aliphatic rings. The molecule has 6 nitrogen and oxygen atoms in total. The number of ether oxygens (including phenoxy) is 1. The number of carbonyl (C=O) groups excluding carboxylic acids is 1. The van der Waals surface area contributed by atoms with E-state index in [9.17, 15) is 4.79 Å². The predicted octanol–water partition coefficient (Wildman–Crippen LogP) is 4.50. The molecule has 0 atom stereocenters. The summed E-state index contributed by atoms with van der Waals surface area (Å²) in [5.74, 6) is 1.24. The first-order valence-corrected chi connectivity index (χ1v) is 9.17. The second-order valence-corrected chi connectivity index (χ2v) is 6.66. The molecule has 0 saturated heterocycles. The highest BCUT2D eigenvalue weighted by atomic mass is 16.5. The van der Waals surface area contributed by atoms with Gasteiger partial charge in [0, 0.05) is 25.2 Å². The first-order valence-electron chi connectivity index (χ1n) is 9.17. The van der Waals surface area contributed by atoms with Crippen LogP contribution >= 0.6 is 0 Å². The molecule has 0 spiro atoms. The molecular weight excluding hydrogens is 352 g/mol. The molecule has 0 fully saturated rings. The molecule has 1 amide bonds. The maximum absolute atomic E-state index is 11.1. The standard InChI is InChI=1S/C22H24N4O2/c1-15-4-5-18(16(2)12-15)10-11-23-19-6-8-20(9-7-19)28-22-13-21(24-14-25-22)26-17(3)27/h4-9,12-14,23H,10-11H2,1-3H3,(H,24,25,26,27). The first kappa shape index (κ1) is 19.4. The molecule has 0 unspecified atom stereocenters. The molecule has 1 heterocycles. The van der Waals surface area contributed by atoms with Gasteiger partial charge in [-0.3, -0.25) is 4.79 Å². The van der Waals surface area contributed by atoms with Crippen LogP contribution in [0.5, 0.6) is 11.6 Å². The van der Waals surface area contributed by atoms with E-state index in [0.717, 1.165) is 18.7 Å². The highest BCUT2D eigenvalue weighted by Gasteiger charge is 2.04. The number of benzene rings is 2. The lowest BCUT2D eigenvalue weighted by atomic mass is 10.0. The van der Waals surface area contributed by atoms with Crippen molar-refractivity contribution in [1.29, 1.82) is 0 Å². The van der Waals surface area contributed by atoms with Crippen LogP contribution in [-0.4, -0.2) is 22.4 Å². The van der Waals surface area contributed by atoms with Crippen molar-refractivity contribution in [2.75, 3.05) is 17.2 Å². The number of amides is 1. The summed E-state index contributed by atoms with van der Waals surface area (Å²) < 4.78 is 5.73. The van der Waals surface area contributed by atoms with E-state index < -0.39 is 0 Å². The van der Waals surface area contributed by atoms with Gasteiger partial charge in [-0.1, -0.05) is 23.8 Å². The Kier molecular flexibility index (Phi) is 6.22. The predicted molar refractivity (Wildman–Crippen MR) is 111 cm³/mol. The van der Waals surface area contributed by atoms with Crippen molar-refractivity contribution in [3.8, 4) is 11.6 Å². The lowest BCUT2D eigenvalue weighted by molar-refractivity contribution is -0.114. The average molecular weight is 376 g/mol. The molecular formula is C22H24N4O2. The maximum atomic E-state index is 11.1. The van der Waals surface area contributed by atoms with Gasteiger partial charge in [-0.2, -0.15) is 0 Å². The molecule has 0 aliphatic carbocycles. The summed E-state index contributed by atoms with van der Waals surface area (Å²) in [5.41, 5.74) is 5.00. The van der Waals surface area contributed by atoms with Crippen LogP contribution in [-0.2, 0) is 11.2 Å². The Hall–Kier alpha value is -3.41. The Balaban J connectivity index is 1.54. The van der Waals surface area contributed by atoms with Crippen LogP contribution in [0.2, 0.25) is 0 Å². The quantitative estimate of drug-likeness (QED) is 0.635. The number of aryl methyl sites for hydroxylation is 2. The monoisotopic (exact) mass is 376 g/mol. The Morgan fingerprint density at radius 1 is 1.04 bits per heavy atom. The van der Waals surface area contributed by atoms with Crippen molar-refractivity contribution >= 4 is 17.4 Å². The van der Waals surface area contributed by atoms with Crippen LogP contribution in [0.4, 0.5) is 11.5 Å². The van der Waals surface area contributed by atoms with Crippen molar-refractivity contribution in [2.24, 2.45) is 0 Å². The fourth-order valence-electron chi connectivity index (χ4n) is 2.87. The molecule has 28 heavy (non-hydrogen) atoms. The number of carbonyl (C=O) groups is 1. The molecule has 0 aliphatic heterocycles. The van der Waals surface area contributed by atoms with E-state index in [0.29, 0.717) is 17.4 Å². The van der Waals surface area contributed by atoms with Crippen LogP contribution in [0.15, 0.2) is 54.9 Å². The summed E-state index contributed by atoms with van der Waals surface area (Å²) in [6.45, 7) is 6.55. The highest BCUT2D eigenvalue weighted by Crippen LogP contribution is 2.22. The minimum Gasteiger partial charge on any atom is -0.439 e. The lowest BCUT2D eigenvalue weighted by Crippen LogP contribution is -2.07. The molecule has 0 saturated carbocycles. The van der Waals surface area contributed by atoms with Gasteiger partial charge < -0.3 is 15.4 Å². The van der Waals surface area contributed by atoms with Crippen LogP contribution in [0.25, 0.3) is 0 Å². The maximum Gasteiger partial charge on any atom is 0.224 e. The summed E-state index contributed by atoms with van der Waals surface area (Å²) in [6.07, 6.45) is 2.32. The number of nitrogens with one attached hydrogen (secondary N) is 2.